The molecule has 0 saturated heterocycles. The highest BCUT2D eigenvalue weighted by atomic mass is 127. The van der Waals surface area contributed by atoms with Crippen molar-refractivity contribution in [1.29, 1.82) is 0 Å². The molecule has 0 heterocycles. The quantitative estimate of drug-likeness (QED) is 0.762. The zero-order chi connectivity index (χ0) is 10.5. The number of benzene rings is 1. The molecule has 0 aromatic heterocycles. The van der Waals surface area contributed by atoms with Crippen LogP contribution in [0.5, 0.6) is 0 Å². The van der Waals surface area contributed by atoms with Gasteiger partial charge in [0.25, 0.3) is 0 Å². The molecule has 1 aromatic rings. The van der Waals surface area contributed by atoms with Crippen molar-refractivity contribution >= 4 is 22.6 Å². The van der Waals surface area contributed by atoms with E-state index >= 15 is 0 Å². The summed E-state index contributed by atoms with van der Waals surface area (Å²) in [6.07, 6.45) is 7.10. The van der Waals surface area contributed by atoms with Crippen molar-refractivity contribution in [2.24, 2.45) is 0 Å². The molecule has 2 heteroatoms. The molecular weight excluding hydrogens is 299 g/mol. The highest BCUT2D eigenvalue weighted by Gasteiger charge is 2.13. The smallest absolute Gasteiger partial charge is 0.0720 e. The average molecular weight is 316 g/mol. The third-order valence-electron chi connectivity index (χ3n) is 2.95. The predicted molar refractivity (Wildman–Crippen MR) is 70.8 cm³/mol. The van der Waals surface area contributed by atoms with Gasteiger partial charge in [-0.3, -0.25) is 0 Å². The van der Waals surface area contributed by atoms with Crippen molar-refractivity contribution < 1.29 is 4.74 Å². The molecule has 0 bridgehead atoms. The van der Waals surface area contributed by atoms with Gasteiger partial charge in [0.2, 0.25) is 0 Å². The first kappa shape index (κ1) is 11.4. The molecule has 1 aliphatic rings. The molecule has 1 fully saturated rings. The van der Waals surface area contributed by atoms with E-state index in [4.69, 9.17) is 4.74 Å². The second-order valence-electron chi connectivity index (χ2n) is 4.20. The molecule has 0 radical (unpaired) electrons. The normalized spacial score (nSPS) is 17.9. The van der Waals surface area contributed by atoms with Gasteiger partial charge in [0.05, 0.1) is 12.7 Å². The molecule has 1 aliphatic carbocycles. The van der Waals surface area contributed by atoms with Crippen LogP contribution in [-0.2, 0) is 11.3 Å². The predicted octanol–water partition coefficient (Wildman–Crippen LogP) is 4.14. The van der Waals surface area contributed by atoms with Gasteiger partial charge in [-0.2, -0.15) is 0 Å². The van der Waals surface area contributed by atoms with Crippen molar-refractivity contribution in [1.82, 2.24) is 0 Å². The maximum Gasteiger partial charge on any atom is 0.0720 e. The molecule has 1 aromatic carbocycles. The Bertz CT molecular complexity index is 288. The van der Waals surface area contributed by atoms with E-state index in [1.807, 2.05) is 0 Å². The summed E-state index contributed by atoms with van der Waals surface area (Å²) in [6, 6.07) is 8.59. The number of hydrogen-bond donors (Lipinski definition) is 0. The lowest BCUT2D eigenvalue weighted by atomic mass is 9.98. The van der Waals surface area contributed by atoms with E-state index < -0.39 is 0 Å². The van der Waals surface area contributed by atoms with Gasteiger partial charge < -0.3 is 4.74 Å². The largest absolute Gasteiger partial charge is 0.374 e. The number of halogens is 1. The summed E-state index contributed by atoms with van der Waals surface area (Å²) >= 11 is 2.33. The minimum atomic E-state index is 0.512. The Morgan fingerprint density at radius 2 is 1.73 bits per heavy atom. The van der Waals surface area contributed by atoms with Crippen LogP contribution >= 0.6 is 22.6 Å². The van der Waals surface area contributed by atoms with E-state index in [0.717, 1.165) is 6.61 Å². The van der Waals surface area contributed by atoms with Crippen LogP contribution < -0.4 is 0 Å². The number of hydrogen-bond acceptors (Lipinski definition) is 1. The molecule has 82 valence electrons. The van der Waals surface area contributed by atoms with Gasteiger partial charge in [0.1, 0.15) is 0 Å². The van der Waals surface area contributed by atoms with Gasteiger partial charge in [-0.25, -0.2) is 0 Å². The van der Waals surface area contributed by atoms with Crippen LogP contribution in [0.1, 0.15) is 37.7 Å². The van der Waals surface area contributed by atoms with Crippen LogP contribution in [0.15, 0.2) is 24.3 Å². The van der Waals surface area contributed by atoms with Crippen molar-refractivity contribution in [3.8, 4) is 0 Å². The topological polar surface area (TPSA) is 9.23 Å². The van der Waals surface area contributed by atoms with E-state index in [-0.39, 0.29) is 0 Å². The molecule has 0 N–H and O–H groups in total. The van der Waals surface area contributed by atoms with Gasteiger partial charge >= 0.3 is 0 Å². The second-order valence-corrected chi connectivity index (χ2v) is 5.44. The van der Waals surface area contributed by atoms with Crippen LogP contribution in [0.4, 0.5) is 0 Å². The van der Waals surface area contributed by atoms with Gasteiger partial charge in [-0.15, -0.1) is 0 Å². The van der Waals surface area contributed by atoms with E-state index in [1.54, 1.807) is 0 Å². The highest BCUT2D eigenvalue weighted by Crippen LogP contribution is 2.21. The van der Waals surface area contributed by atoms with Gasteiger partial charge in [0.15, 0.2) is 0 Å². The fourth-order valence-corrected chi connectivity index (χ4v) is 2.39. The van der Waals surface area contributed by atoms with E-state index in [1.165, 1.54) is 41.2 Å². The first-order chi connectivity index (χ1) is 7.34. The Morgan fingerprint density at radius 3 is 2.40 bits per heavy atom. The summed E-state index contributed by atoms with van der Waals surface area (Å²) in [7, 11) is 0. The van der Waals surface area contributed by atoms with Crippen LogP contribution in [0.3, 0.4) is 0 Å². The lowest BCUT2D eigenvalue weighted by molar-refractivity contribution is 0.0169. The summed E-state index contributed by atoms with van der Waals surface area (Å²) in [5.74, 6) is 0. The number of rotatable bonds is 3. The number of ether oxygens (including phenoxy) is 1. The lowest BCUT2D eigenvalue weighted by Crippen LogP contribution is -2.16. The first-order valence-electron chi connectivity index (χ1n) is 5.70. The molecule has 0 aliphatic heterocycles. The van der Waals surface area contributed by atoms with Gasteiger partial charge in [-0.05, 0) is 53.1 Å². The third-order valence-corrected chi connectivity index (χ3v) is 3.67. The molecule has 15 heavy (non-hydrogen) atoms. The molecule has 0 amide bonds. The maximum absolute atomic E-state index is 5.91. The highest BCUT2D eigenvalue weighted by molar-refractivity contribution is 14.1. The second kappa shape index (κ2) is 5.85. The summed E-state index contributed by atoms with van der Waals surface area (Å²) in [6.45, 7) is 0.779. The van der Waals surface area contributed by atoms with E-state index in [9.17, 15) is 0 Å². The van der Waals surface area contributed by atoms with Gasteiger partial charge in [-0.1, -0.05) is 31.4 Å². The van der Waals surface area contributed by atoms with Crippen molar-refractivity contribution in [3.63, 3.8) is 0 Å². The van der Waals surface area contributed by atoms with Crippen LogP contribution in [0, 0.1) is 3.57 Å². The minimum Gasteiger partial charge on any atom is -0.374 e. The fourth-order valence-electron chi connectivity index (χ4n) is 2.03. The fraction of sp³-hybridized carbons (Fsp3) is 0.538. The zero-order valence-corrected chi connectivity index (χ0v) is 11.1. The van der Waals surface area contributed by atoms with E-state index in [2.05, 4.69) is 46.9 Å². The summed E-state index contributed by atoms with van der Waals surface area (Å²) < 4.78 is 7.19. The van der Waals surface area contributed by atoms with Crippen LogP contribution in [0.25, 0.3) is 0 Å². The Kier molecular flexibility index (Phi) is 4.44. The summed E-state index contributed by atoms with van der Waals surface area (Å²) in [4.78, 5) is 0. The standard InChI is InChI=1S/C13H17IO/c14-12-8-6-11(7-9-12)10-15-13-4-2-1-3-5-13/h6-9,13H,1-5,10H2. The molecular formula is C13H17IO. The maximum atomic E-state index is 5.91. The Hall–Kier alpha value is -0.0900. The Morgan fingerprint density at radius 1 is 1.07 bits per heavy atom. The molecule has 0 spiro atoms. The first-order valence-corrected chi connectivity index (χ1v) is 6.78. The minimum absolute atomic E-state index is 0.512. The SMILES string of the molecule is Ic1ccc(COC2CCCCC2)cc1. The molecule has 1 nitrogen and oxygen atoms in total. The molecule has 0 atom stereocenters. The summed E-state index contributed by atoms with van der Waals surface area (Å²) in [5, 5.41) is 0. The Balaban J connectivity index is 1.79. The summed E-state index contributed by atoms with van der Waals surface area (Å²) in [5.41, 5.74) is 1.29. The molecule has 1 saturated carbocycles. The lowest BCUT2D eigenvalue weighted by Gasteiger charge is -2.21. The Labute approximate surface area is 105 Å². The van der Waals surface area contributed by atoms with Crippen molar-refractivity contribution in [2.45, 2.75) is 44.8 Å². The van der Waals surface area contributed by atoms with Gasteiger partial charge in [0, 0.05) is 3.57 Å². The van der Waals surface area contributed by atoms with Crippen molar-refractivity contribution in [3.05, 3.63) is 33.4 Å². The van der Waals surface area contributed by atoms with Crippen molar-refractivity contribution in [2.75, 3.05) is 0 Å². The van der Waals surface area contributed by atoms with Crippen LogP contribution in [-0.4, -0.2) is 6.10 Å². The van der Waals surface area contributed by atoms with Crippen LogP contribution in [0.2, 0.25) is 0 Å². The van der Waals surface area contributed by atoms with E-state index in [0.29, 0.717) is 6.10 Å². The zero-order valence-electron chi connectivity index (χ0n) is 8.92. The monoisotopic (exact) mass is 316 g/mol. The molecule has 2 rings (SSSR count). The average Bonchev–Trinajstić information content (AvgIpc) is 2.30. The third kappa shape index (κ3) is 3.76. The molecule has 0 unspecified atom stereocenters.